The van der Waals surface area contributed by atoms with Crippen LogP contribution in [0.4, 0.5) is 5.69 Å². The summed E-state index contributed by atoms with van der Waals surface area (Å²) in [7, 11) is 0. The van der Waals surface area contributed by atoms with Crippen molar-refractivity contribution in [1.82, 2.24) is 10.9 Å². The number of carbonyl (C=O) groups is 2. The smallest absolute Gasteiger partial charge is 0.270 e. The standard InChI is InChI=1S/C15H17N5O4/c1-9(11-4-3-5-12(8-11)20(23)24)16-18-14(21)7-6-13-10(2)17-19-15(13)22/h3-5,8,13H,6-7H2,1-2H3,(H,18,21)(H,19,22)/b16-9-/t13-/m1/s1. The molecule has 0 radical (unpaired) electrons. The van der Waals surface area contributed by atoms with Gasteiger partial charge in [-0.3, -0.25) is 19.7 Å². The van der Waals surface area contributed by atoms with Gasteiger partial charge in [0.15, 0.2) is 0 Å². The molecule has 9 heteroatoms. The van der Waals surface area contributed by atoms with Gasteiger partial charge >= 0.3 is 0 Å². The zero-order valence-electron chi connectivity index (χ0n) is 13.3. The van der Waals surface area contributed by atoms with E-state index in [1.54, 1.807) is 26.0 Å². The van der Waals surface area contributed by atoms with Gasteiger partial charge in [-0.1, -0.05) is 12.1 Å². The van der Waals surface area contributed by atoms with Gasteiger partial charge in [0.05, 0.1) is 16.6 Å². The normalized spacial score (nSPS) is 17.2. The summed E-state index contributed by atoms with van der Waals surface area (Å²) in [6.45, 7) is 3.37. The molecule has 2 rings (SSSR count). The van der Waals surface area contributed by atoms with Crippen LogP contribution < -0.4 is 10.9 Å². The van der Waals surface area contributed by atoms with E-state index in [0.29, 0.717) is 23.4 Å². The molecular formula is C15H17N5O4. The first-order valence-electron chi connectivity index (χ1n) is 7.30. The van der Waals surface area contributed by atoms with Gasteiger partial charge in [-0.2, -0.15) is 10.2 Å². The third kappa shape index (κ3) is 4.22. The Morgan fingerprint density at radius 1 is 1.50 bits per heavy atom. The molecule has 2 amide bonds. The molecule has 2 N–H and O–H groups in total. The van der Waals surface area contributed by atoms with Crippen molar-refractivity contribution in [3.8, 4) is 0 Å². The van der Waals surface area contributed by atoms with Crippen molar-refractivity contribution in [3.63, 3.8) is 0 Å². The van der Waals surface area contributed by atoms with Crippen LogP contribution in [0, 0.1) is 16.0 Å². The highest BCUT2D eigenvalue weighted by Gasteiger charge is 2.27. The van der Waals surface area contributed by atoms with Crippen LogP contribution in [0.15, 0.2) is 34.5 Å². The van der Waals surface area contributed by atoms with Crippen molar-refractivity contribution < 1.29 is 14.5 Å². The second kappa shape index (κ2) is 7.44. The monoisotopic (exact) mass is 331 g/mol. The van der Waals surface area contributed by atoms with Gasteiger partial charge in [-0.05, 0) is 20.3 Å². The van der Waals surface area contributed by atoms with Gasteiger partial charge in [0, 0.05) is 29.8 Å². The quantitative estimate of drug-likeness (QED) is 0.463. The fourth-order valence-electron chi connectivity index (χ4n) is 2.22. The molecule has 0 spiro atoms. The molecule has 1 atom stereocenters. The second-order valence-corrected chi connectivity index (χ2v) is 5.36. The number of amides is 2. The van der Waals surface area contributed by atoms with Gasteiger partial charge in [-0.15, -0.1) is 0 Å². The van der Waals surface area contributed by atoms with E-state index in [-0.39, 0.29) is 23.9 Å². The Kier molecular flexibility index (Phi) is 5.35. The highest BCUT2D eigenvalue weighted by molar-refractivity contribution is 6.07. The molecule has 1 aliphatic heterocycles. The molecule has 1 aromatic rings. The third-order valence-electron chi connectivity index (χ3n) is 3.65. The summed E-state index contributed by atoms with van der Waals surface area (Å²) in [5.74, 6) is -0.943. The fraction of sp³-hybridized carbons (Fsp3) is 0.333. The number of nitro benzene ring substituents is 1. The molecule has 0 fully saturated rings. The summed E-state index contributed by atoms with van der Waals surface area (Å²) in [5, 5.41) is 18.5. The molecule has 1 heterocycles. The van der Waals surface area contributed by atoms with E-state index in [9.17, 15) is 19.7 Å². The number of rotatable bonds is 6. The van der Waals surface area contributed by atoms with Crippen LogP contribution in [0.1, 0.15) is 32.3 Å². The lowest BCUT2D eigenvalue weighted by Gasteiger charge is -2.07. The van der Waals surface area contributed by atoms with Gasteiger partial charge in [0.25, 0.3) is 5.69 Å². The molecule has 0 aliphatic carbocycles. The topological polar surface area (TPSA) is 126 Å². The third-order valence-corrected chi connectivity index (χ3v) is 3.65. The maximum Gasteiger partial charge on any atom is 0.270 e. The summed E-state index contributed by atoms with van der Waals surface area (Å²) < 4.78 is 0. The molecule has 24 heavy (non-hydrogen) atoms. The Morgan fingerprint density at radius 2 is 2.25 bits per heavy atom. The average Bonchev–Trinajstić information content (AvgIpc) is 2.89. The van der Waals surface area contributed by atoms with Gasteiger partial charge in [0.2, 0.25) is 11.8 Å². The zero-order chi connectivity index (χ0) is 17.7. The van der Waals surface area contributed by atoms with Crippen LogP contribution in [0.2, 0.25) is 0 Å². The van der Waals surface area contributed by atoms with Crippen molar-refractivity contribution in [2.24, 2.45) is 16.1 Å². The maximum atomic E-state index is 11.8. The number of nitro groups is 1. The van der Waals surface area contributed by atoms with Crippen LogP contribution in [-0.2, 0) is 9.59 Å². The Morgan fingerprint density at radius 3 is 2.88 bits per heavy atom. The first-order chi connectivity index (χ1) is 11.4. The minimum absolute atomic E-state index is 0.0459. The largest absolute Gasteiger partial charge is 0.273 e. The lowest BCUT2D eigenvalue weighted by atomic mass is 9.99. The van der Waals surface area contributed by atoms with Gasteiger partial charge in [0.1, 0.15) is 0 Å². The van der Waals surface area contributed by atoms with E-state index in [0.717, 1.165) is 0 Å². The lowest BCUT2D eigenvalue weighted by Crippen LogP contribution is -2.25. The molecule has 0 aromatic heterocycles. The number of benzene rings is 1. The first-order valence-corrected chi connectivity index (χ1v) is 7.30. The van der Waals surface area contributed by atoms with Crippen LogP contribution in [-0.4, -0.2) is 28.2 Å². The average molecular weight is 331 g/mol. The molecule has 1 aromatic carbocycles. The number of hydrogen-bond acceptors (Lipinski definition) is 6. The Hall–Kier alpha value is -3.10. The van der Waals surface area contributed by atoms with Crippen molar-refractivity contribution in [1.29, 1.82) is 0 Å². The number of non-ortho nitro benzene ring substituents is 1. The summed E-state index contributed by atoms with van der Waals surface area (Å²) in [6.07, 6.45) is 0.467. The second-order valence-electron chi connectivity index (χ2n) is 5.36. The summed E-state index contributed by atoms with van der Waals surface area (Å²) in [6, 6.07) is 5.98. The Bertz CT molecular complexity index is 741. The van der Waals surface area contributed by atoms with E-state index in [1.807, 2.05) is 0 Å². The first kappa shape index (κ1) is 17.3. The molecule has 126 valence electrons. The van der Waals surface area contributed by atoms with Gasteiger partial charge in [-0.25, -0.2) is 10.9 Å². The molecule has 0 saturated heterocycles. The lowest BCUT2D eigenvalue weighted by molar-refractivity contribution is -0.384. The zero-order valence-corrected chi connectivity index (χ0v) is 13.3. The van der Waals surface area contributed by atoms with Crippen LogP contribution in [0.3, 0.4) is 0 Å². The van der Waals surface area contributed by atoms with E-state index in [4.69, 9.17) is 0 Å². The van der Waals surface area contributed by atoms with E-state index in [2.05, 4.69) is 21.1 Å². The van der Waals surface area contributed by atoms with Crippen molar-refractivity contribution >= 4 is 28.9 Å². The number of nitrogens with one attached hydrogen (secondary N) is 2. The van der Waals surface area contributed by atoms with Crippen molar-refractivity contribution in [3.05, 3.63) is 39.9 Å². The molecular weight excluding hydrogens is 314 g/mol. The Labute approximate surface area is 138 Å². The highest BCUT2D eigenvalue weighted by atomic mass is 16.6. The summed E-state index contributed by atoms with van der Waals surface area (Å²) in [5.41, 5.74) is 6.36. The Balaban J connectivity index is 1.91. The highest BCUT2D eigenvalue weighted by Crippen LogP contribution is 2.15. The van der Waals surface area contributed by atoms with Gasteiger partial charge < -0.3 is 0 Å². The molecule has 0 saturated carbocycles. The fourth-order valence-corrected chi connectivity index (χ4v) is 2.22. The van der Waals surface area contributed by atoms with E-state index in [1.165, 1.54) is 12.1 Å². The summed E-state index contributed by atoms with van der Waals surface area (Å²) in [4.78, 5) is 33.6. The number of hydrazone groups is 2. The predicted molar refractivity (Wildman–Crippen MR) is 87.4 cm³/mol. The summed E-state index contributed by atoms with van der Waals surface area (Å²) >= 11 is 0. The number of hydrogen-bond donors (Lipinski definition) is 2. The SMILES string of the molecule is CC1=NNC(=O)[C@@H]1CCC(=O)N/N=C(/C)c1cccc([N+](=O)[O-])c1. The maximum absolute atomic E-state index is 11.8. The molecule has 0 bridgehead atoms. The molecule has 9 nitrogen and oxygen atoms in total. The minimum Gasteiger partial charge on any atom is -0.273 e. The predicted octanol–water partition coefficient (Wildman–Crippen LogP) is 1.34. The molecule has 1 aliphatic rings. The minimum atomic E-state index is -0.494. The van der Waals surface area contributed by atoms with Crippen LogP contribution in [0.5, 0.6) is 0 Å². The van der Waals surface area contributed by atoms with E-state index < -0.39 is 10.8 Å². The van der Waals surface area contributed by atoms with Crippen LogP contribution in [0.25, 0.3) is 0 Å². The van der Waals surface area contributed by atoms with E-state index >= 15 is 0 Å². The van der Waals surface area contributed by atoms with Crippen LogP contribution >= 0.6 is 0 Å². The number of nitrogens with zero attached hydrogens (tertiary/aromatic N) is 3. The van der Waals surface area contributed by atoms with Crippen molar-refractivity contribution in [2.75, 3.05) is 0 Å². The number of carbonyl (C=O) groups excluding carboxylic acids is 2. The molecule has 0 unspecified atom stereocenters. The van der Waals surface area contributed by atoms with Crippen molar-refractivity contribution in [2.45, 2.75) is 26.7 Å².